The van der Waals surface area contributed by atoms with Crippen LogP contribution in [0.5, 0.6) is 0 Å². The highest BCUT2D eigenvalue weighted by Gasteiger charge is 2.38. The molecule has 2 saturated heterocycles. The van der Waals surface area contributed by atoms with Crippen molar-refractivity contribution in [2.24, 2.45) is 11.8 Å². The second kappa shape index (κ2) is 4.84. The molecule has 4 nitrogen and oxygen atoms in total. The summed E-state index contributed by atoms with van der Waals surface area (Å²) >= 11 is 6.05. The summed E-state index contributed by atoms with van der Waals surface area (Å²) in [6.45, 7) is 7.96. The van der Waals surface area contributed by atoms with E-state index in [4.69, 9.17) is 11.6 Å². The molecule has 2 aliphatic rings. The van der Waals surface area contributed by atoms with Crippen LogP contribution in [0.2, 0.25) is 5.02 Å². The van der Waals surface area contributed by atoms with Crippen LogP contribution in [0.4, 0.5) is 0 Å². The highest BCUT2D eigenvalue weighted by atomic mass is 35.5. The zero-order valence-corrected chi connectivity index (χ0v) is 12.2. The van der Waals surface area contributed by atoms with Crippen LogP contribution in [0.3, 0.4) is 0 Å². The second-order valence-corrected chi connectivity index (χ2v) is 6.37. The molecule has 0 bridgehead atoms. The Kier molecular flexibility index (Phi) is 3.31. The predicted molar refractivity (Wildman–Crippen MR) is 75.6 cm³/mol. The van der Waals surface area contributed by atoms with Crippen molar-refractivity contribution in [3.05, 3.63) is 23.0 Å². The van der Waals surface area contributed by atoms with Crippen LogP contribution in [-0.2, 0) is 0 Å². The van der Waals surface area contributed by atoms with Gasteiger partial charge >= 0.3 is 0 Å². The molecule has 2 unspecified atom stereocenters. The number of likely N-dealkylation sites (tertiary alicyclic amines) is 1. The number of aromatic nitrogens is 1. The molecule has 0 aromatic carbocycles. The van der Waals surface area contributed by atoms with Crippen LogP contribution < -0.4 is 5.32 Å². The van der Waals surface area contributed by atoms with Crippen molar-refractivity contribution in [3.8, 4) is 0 Å². The quantitative estimate of drug-likeness (QED) is 0.900. The van der Waals surface area contributed by atoms with Crippen LogP contribution >= 0.6 is 11.6 Å². The van der Waals surface area contributed by atoms with Gasteiger partial charge in [-0.2, -0.15) is 0 Å². The minimum Gasteiger partial charge on any atom is -0.339 e. The lowest BCUT2D eigenvalue weighted by Crippen LogP contribution is -2.33. The first kappa shape index (κ1) is 13.0. The standard InChI is InChI=1S/C14H20ClN3O/c1-9(2)18-8-12(15)3-13(18)14(19)17-6-10-4-16-5-11(10)7-17/h3,8-11,16H,4-7H2,1-2H3. The van der Waals surface area contributed by atoms with Gasteiger partial charge in [0.05, 0.1) is 5.02 Å². The third-order valence-electron chi connectivity index (χ3n) is 4.27. The van der Waals surface area contributed by atoms with Gasteiger partial charge < -0.3 is 14.8 Å². The number of nitrogens with one attached hydrogen (secondary N) is 1. The Bertz CT molecular complexity index is 485. The fourth-order valence-corrected chi connectivity index (χ4v) is 3.44. The van der Waals surface area contributed by atoms with E-state index in [0.29, 0.717) is 22.6 Å². The molecule has 0 saturated carbocycles. The maximum Gasteiger partial charge on any atom is 0.270 e. The molecular weight excluding hydrogens is 262 g/mol. The average molecular weight is 282 g/mol. The molecule has 104 valence electrons. The molecule has 5 heteroatoms. The predicted octanol–water partition coefficient (Wildman–Crippen LogP) is 2.01. The lowest BCUT2D eigenvalue weighted by molar-refractivity contribution is 0.0769. The van der Waals surface area contributed by atoms with Crippen LogP contribution in [0.25, 0.3) is 0 Å². The SMILES string of the molecule is CC(C)n1cc(Cl)cc1C(=O)N1CC2CNCC2C1. The van der Waals surface area contributed by atoms with Crippen molar-refractivity contribution < 1.29 is 4.79 Å². The molecular formula is C14H20ClN3O. The number of hydrogen-bond acceptors (Lipinski definition) is 2. The van der Waals surface area contributed by atoms with Crippen molar-refractivity contribution in [2.45, 2.75) is 19.9 Å². The van der Waals surface area contributed by atoms with Crippen molar-refractivity contribution >= 4 is 17.5 Å². The number of rotatable bonds is 2. The number of fused-ring (bicyclic) bond motifs is 1. The van der Waals surface area contributed by atoms with Gasteiger partial charge in [0.25, 0.3) is 5.91 Å². The number of carbonyl (C=O) groups is 1. The van der Waals surface area contributed by atoms with E-state index in [2.05, 4.69) is 19.2 Å². The zero-order chi connectivity index (χ0) is 13.6. The van der Waals surface area contributed by atoms with Crippen molar-refractivity contribution in [3.63, 3.8) is 0 Å². The topological polar surface area (TPSA) is 37.3 Å². The average Bonchev–Trinajstić information content (AvgIpc) is 2.99. The second-order valence-electron chi connectivity index (χ2n) is 5.93. The fraction of sp³-hybridized carbons (Fsp3) is 0.643. The van der Waals surface area contributed by atoms with Crippen molar-refractivity contribution in [1.82, 2.24) is 14.8 Å². The third kappa shape index (κ3) is 2.28. The summed E-state index contributed by atoms with van der Waals surface area (Å²) in [5, 5.41) is 4.03. The molecule has 1 aromatic heterocycles. The van der Waals surface area contributed by atoms with Crippen LogP contribution in [0.15, 0.2) is 12.3 Å². The molecule has 2 fully saturated rings. The molecule has 19 heavy (non-hydrogen) atoms. The highest BCUT2D eigenvalue weighted by molar-refractivity contribution is 6.31. The molecule has 0 radical (unpaired) electrons. The van der Waals surface area contributed by atoms with E-state index in [1.807, 2.05) is 15.7 Å². The summed E-state index contributed by atoms with van der Waals surface area (Å²) in [5.41, 5.74) is 0.716. The van der Waals surface area contributed by atoms with Gasteiger partial charge in [-0.15, -0.1) is 0 Å². The molecule has 1 amide bonds. The van der Waals surface area contributed by atoms with Gasteiger partial charge in [-0.1, -0.05) is 11.6 Å². The summed E-state index contributed by atoms with van der Waals surface area (Å²) in [6.07, 6.45) is 1.85. The monoisotopic (exact) mass is 281 g/mol. The summed E-state index contributed by atoms with van der Waals surface area (Å²) in [6, 6.07) is 2.03. The first-order valence-electron chi connectivity index (χ1n) is 6.93. The first-order valence-corrected chi connectivity index (χ1v) is 7.31. The van der Waals surface area contributed by atoms with Crippen molar-refractivity contribution in [1.29, 1.82) is 0 Å². The molecule has 3 rings (SSSR count). The van der Waals surface area contributed by atoms with Gasteiger partial charge in [0, 0.05) is 38.4 Å². The molecule has 0 spiro atoms. The van der Waals surface area contributed by atoms with E-state index in [1.165, 1.54) is 0 Å². The number of amides is 1. The van der Waals surface area contributed by atoms with Crippen LogP contribution in [0, 0.1) is 11.8 Å². The lowest BCUT2D eigenvalue weighted by atomic mass is 10.0. The molecule has 0 aliphatic carbocycles. The Morgan fingerprint density at radius 1 is 1.37 bits per heavy atom. The first-order chi connectivity index (χ1) is 9.06. The van der Waals surface area contributed by atoms with E-state index < -0.39 is 0 Å². The summed E-state index contributed by atoms with van der Waals surface area (Å²) in [4.78, 5) is 14.6. The van der Waals surface area contributed by atoms with Gasteiger partial charge in [-0.25, -0.2) is 0 Å². The molecule has 2 atom stereocenters. The number of carbonyl (C=O) groups excluding carboxylic acids is 1. The van der Waals surface area contributed by atoms with Gasteiger partial charge in [-0.3, -0.25) is 4.79 Å². The summed E-state index contributed by atoms with van der Waals surface area (Å²) < 4.78 is 1.97. The van der Waals surface area contributed by atoms with Gasteiger partial charge in [0.1, 0.15) is 5.69 Å². The minimum atomic E-state index is 0.120. The maximum absolute atomic E-state index is 12.6. The Morgan fingerprint density at radius 3 is 2.58 bits per heavy atom. The Hall–Kier alpha value is -1.00. The number of halogens is 1. The van der Waals surface area contributed by atoms with E-state index in [0.717, 1.165) is 26.2 Å². The lowest BCUT2D eigenvalue weighted by Gasteiger charge is -2.20. The minimum absolute atomic E-state index is 0.120. The van der Waals surface area contributed by atoms with Crippen LogP contribution in [0.1, 0.15) is 30.4 Å². The number of nitrogens with zero attached hydrogens (tertiary/aromatic N) is 2. The van der Waals surface area contributed by atoms with Crippen molar-refractivity contribution in [2.75, 3.05) is 26.2 Å². The molecule has 1 N–H and O–H groups in total. The molecule has 3 heterocycles. The van der Waals surface area contributed by atoms with Gasteiger partial charge in [0.15, 0.2) is 0 Å². The van der Waals surface area contributed by atoms with E-state index >= 15 is 0 Å². The summed E-state index contributed by atoms with van der Waals surface area (Å²) in [5.74, 6) is 1.37. The van der Waals surface area contributed by atoms with Gasteiger partial charge in [0.2, 0.25) is 0 Å². The Labute approximate surface area is 118 Å². The highest BCUT2D eigenvalue weighted by Crippen LogP contribution is 2.28. The largest absolute Gasteiger partial charge is 0.339 e. The molecule has 1 aromatic rings. The summed E-state index contributed by atoms with van der Waals surface area (Å²) in [7, 11) is 0. The van der Waals surface area contributed by atoms with E-state index in [-0.39, 0.29) is 11.9 Å². The smallest absolute Gasteiger partial charge is 0.270 e. The third-order valence-corrected chi connectivity index (χ3v) is 4.47. The van der Waals surface area contributed by atoms with Crippen LogP contribution in [-0.4, -0.2) is 41.6 Å². The van der Waals surface area contributed by atoms with E-state index in [9.17, 15) is 4.79 Å². The number of hydrogen-bond donors (Lipinski definition) is 1. The Morgan fingerprint density at radius 2 is 2.00 bits per heavy atom. The normalized spacial score (nSPS) is 26.2. The van der Waals surface area contributed by atoms with E-state index in [1.54, 1.807) is 6.07 Å². The van der Waals surface area contributed by atoms with Gasteiger partial charge in [-0.05, 0) is 31.7 Å². The Balaban J connectivity index is 1.81. The maximum atomic E-state index is 12.6. The zero-order valence-electron chi connectivity index (χ0n) is 11.4. The fourth-order valence-electron chi connectivity index (χ4n) is 3.23. The molecule has 2 aliphatic heterocycles.